The lowest BCUT2D eigenvalue weighted by molar-refractivity contribution is 0.409. The monoisotopic (exact) mass is 277 g/mol. The largest absolute Gasteiger partial charge is 0.496 e. The van der Waals surface area contributed by atoms with Crippen LogP contribution in [0.2, 0.25) is 0 Å². The first-order valence-electron chi connectivity index (χ1n) is 5.94. The van der Waals surface area contributed by atoms with E-state index in [-0.39, 0.29) is 0 Å². The third-order valence-corrected chi connectivity index (χ3v) is 3.07. The molecule has 0 atom stereocenters. The second-order valence-corrected chi connectivity index (χ2v) is 4.44. The first-order valence-corrected chi connectivity index (χ1v) is 6.48. The zero-order valence-electron chi connectivity index (χ0n) is 11.0. The van der Waals surface area contributed by atoms with Crippen LogP contribution in [-0.2, 0) is 12.4 Å². The molecule has 2 rings (SSSR count). The molecule has 1 aromatic heterocycles. The van der Waals surface area contributed by atoms with Crippen molar-refractivity contribution in [1.82, 2.24) is 9.97 Å². The van der Waals surface area contributed by atoms with Crippen LogP contribution in [0.3, 0.4) is 0 Å². The summed E-state index contributed by atoms with van der Waals surface area (Å²) in [4.78, 5) is 10.6. The third kappa shape index (κ3) is 3.35. The minimum atomic E-state index is 0.364. The average molecular weight is 278 g/mol. The van der Waals surface area contributed by atoms with E-state index in [1.807, 2.05) is 36.2 Å². The number of rotatable bonds is 5. The number of ether oxygens (including phenoxy) is 1. The fourth-order valence-electron chi connectivity index (χ4n) is 1.81. The molecule has 0 unspecified atom stereocenters. The molecular formula is C14H16ClN3O. The zero-order chi connectivity index (χ0) is 13.7. The average Bonchev–Trinajstić information content (AvgIpc) is 2.47. The fourth-order valence-corrected chi connectivity index (χ4v) is 1.94. The number of hydrogen-bond donors (Lipinski definition) is 0. The zero-order valence-corrected chi connectivity index (χ0v) is 11.8. The molecule has 0 saturated carbocycles. The van der Waals surface area contributed by atoms with Crippen molar-refractivity contribution < 1.29 is 4.74 Å². The molecular weight excluding hydrogens is 262 g/mol. The van der Waals surface area contributed by atoms with Gasteiger partial charge < -0.3 is 9.64 Å². The topological polar surface area (TPSA) is 38.2 Å². The van der Waals surface area contributed by atoms with Gasteiger partial charge in [-0.3, -0.25) is 4.98 Å². The van der Waals surface area contributed by atoms with Crippen LogP contribution in [0.4, 0.5) is 5.82 Å². The fraction of sp³-hybridized carbons (Fsp3) is 0.286. The molecule has 0 aliphatic rings. The van der Waals surface area contributed by atoms with Crippen molar-refractivity contribution in [3.8, 4) is 5.75 Å². The molecule has 2 aromatic rings. The number of alkyl halides is 1. The van der Waals surface area contributed by atoms with E-state index in [1.54, 1.807) is 19.5 Å². The highest BCUT2D eigenvalue weighted by atomic mass is 35.5. The maximum absolute atomic E-state index is 5.77. The Morgan fingerprint density at radius 2 is 2.05 bits per heavy atom. The van der Waals surface area contributed by atoms with Gasteiger partial charge in [-0.25, -0.2) is 4.98 Å². The van der Waals surface area contributed by atoms with Crippen LogP contribution in [-0.4, -0.2) is 24.1 Å². The summed E-state index contributed by atoms with van der Waals surface area (Å²) >= 11 is 5.77. The number of methoxy groups -OCH3 is 1. The second kappa shape index (κ2) is 6.38. The first-order chi connectivity index (χ1) is 9.24. The van der Waals surface area contributed by atoms with Crippen molar-refractivity contribution >= 4 is 17.4 Å². The number of benzene rings is 1. The van der Waals surface area contributed by atoms with Crippen molar-refractivity contribution in [2.75, 3.05) is 19.1 Å². The van der Waals surface area contributed by atoms with Gasteiger partial charge in [-0.2, -0.15) is 0 Å². The summed E-state index contributed by atoms with van der Waals surface area (Å²) in [5.74, 6) is 2.03. The predicted molar refractivity (Wildman–Crippen MR) is 76.7 cm³/mol. The van der Waals surface area contributed by atoms with E-state index < -0.39 is 0 Å². The second-order valence-electron chi connectivity index (χ2n) is 4.17. The Kier molecular flexibility index (Phi) is 4.58. The lowest BCUT2D eigenvalue weighted by Gasteiger charge is -2.19. The van der Waals surface area contributed by atoms with E-state index in [2.05, 4.69) is 9.97 Å². The van der Waals surface area contributed by atoms with Gasteiger partial charge in [0.1, 0.15) is 11.6 Å². The van der Waals surface area contributed by atoms with Crippen molar-refractivity contribution in [2.45, 2.75) is 12.4 Å². The number of hydrogen-bond acceptors (Lipinski definition) is 4. The number of nitrogens with zero attached hydrogens (tertiary/aromatic N) is 3. The molecule has 0 radical (unpaired) electrons. The van der Waals surface area contributed by atoms with E-state index in [4.69, 9.17) is 16.3 Å². The Morgan fingerprint density at radius 3 is 2.79 bits per heavy atom. The number of aromatic nitrogens is 2. The molecule has 0 bridgehead atoms. The van der Waals surface area contributed by atoms with Gasteiger partial charge in [-0.1, -0.05) is 18.2 Å². The third-order valence-electron chi connectivity index (χ3n) is 2.80. The van der Waals surface area contributed by atoms with Gasteiger partial charge in [0.15, 0.2) is 0 Å². The molecule has 0 spiro atoms. The molecule has 100 valence electrons. The standard InChI is InChI=1S/C14H16ClN3O/c1-18(14-9-16-8-12(7-15)17-14)10-11-5-3-4-6-13(11)19-2/h3-6,8-9H,7,10H2,1-2H3. The maximum atomic E-state index is 5.77. The number of anilines is 1. The summed E-state index contributed by atoms with van der Waals surface area (Å²) in [6, 6.07) is 7.93. The van der Waals surface area contributed by atoms with Crippen molar-refractivity contribution in [3.63, 3.8) is 0 Å². The van der Waals surface area contributed by atoms with E-state index in [0.29, 0.717) is 12.4 Å². The highest BCUT2D eigenvalue weighted by Gasteiger charge is 2.08. The van der Waals surface area contributed by atoms with E-state index in [9.17, 15) is 0 Å². The van der Waals surface area contributed by atoms with Gasteiger partial charge in [-0.05, 0) is 6.07 Å². The van der Waals surface area contributed by atoms with Gasteiger partial charge in [-0.15, -0.1) is 11.6 Å². The van der Waals surface area contributed by atoms with Gasteiger partial charge in [0, 0.05) is 25.4 Å². The van der Waals surface area contributed by atoms with Crippen LogP contribution in [0.5, 0.6) is 5.75 Å². The SMILES string of the molecule is COc1ccccc1CN(C)c1cncc(CCl)n1. The van der Waals surface area contributed by atoms with Crippen LogP contribution in [0.15, 0.2) is 36.7 Å². The quantitative estimate of drug-likeness (QED) is 0.788. The number of para-hydroxylation sites is 1. The van der Waals surface area contributed by atoms with Crippen molar-refractivity contribution in [2.24, 2.45) is 0 Å². The smallest absolute Gasteiger partial charge is 0.147 e. The molecule has 5 heteroatoms. The van der Waals surface area contributed by atoms with Gasteiger partial charge in [0.2, 0.25) is 0 Å². The van der Waals surface area contributed by atoms with Crippen LogP contribution in [0, 0.1) is 0 Å². The molecule has 0 aliphatic heterocycles. The van der Waals surface area contributed by atoms with Gasteiger partial charge in [0.05, 0.1) is 24.9 Å². The minimum Gasteiger partial charge on any atom is -0.496 e. The highest BCUT2D eigenvalue weighted by Crippen LogP contribution is 2.20. The van der Waals surface area contributed by atoms with Crippen LogP contribution in [0.25, 0.3) is 0 Å². The molecule has 1 heterocycles. The summed E-state index contributed by atoms with van der Waals surface area (Å²) in [7, 11) is 3.64. The first kappa shape index (κ1) is 13.6. The highest BCUT2D eigenvalue weighted by molar-refractivity contribution is 6.16. The lowest BCUT2D eigenvalue weighted by atomic mass is 10.2. The molecule has 4 nitrogen and oxygen atoms in total. The summed E-state index contributed by atoms with van der Waals surface area (Å²) in [6.45, 7) is 0.699. The molecule has 0 aliphatic carbocycles. The van der Waals surface area contributed by atoms with Crippen LogP contribution >= 0.6 is 11.6 Å². The van der Waals surface area contributed by atoms with E-state index in [0.717, 1.165) is 22.8 Å². The summed E-state index contributed by atoms with van der Waals surface area (Å²) in [6.07, 6.45) is 3.40. The summed E-state index contributed by atoms with van der Waals surface area (Å²) in [5.41, 5.74) is 1.87. The Bertz CT molecular complexity index is 548. The maximum Gasteiger partial charge on any atom is 0.147 e. The van der Waals surface area contributed by atoms with Gasteiger partial charge in [0.25, 0.3) is 0 Å². The molecule has 0 N–H and O–H groups in total. The minimum absolute atomic E-state index is 0.364. The molecule has 0 saturated heterocycles. The molecule has 0 amide bonds. The van der Waals surface area contributed by atoms with Crippen LogP contribution in [0.1, 0.15) is 11.3 Å². The Hall–Kier alpha value is -1.81. The Morgan fingerprint density at radius 1 is 1.26 bits per heavy atom. The van der Waals surface area contributed by atoms with Gasteiger partial charge >= 0.3 is 0 Å². The van der Waals surface area contributed by atoms with E-state index >= 15 is 0 Å². The van der Waals surface area contributed by atoms with Crippen molar-refractivity contribution in [3.05, 3.63) is 47.9 Å². The predicted octanol–water partition coefficient (Wildman–Crippen LogP) is 2.86. The Labute approximate surface area is 118 Å². The summed E-state index contributed by atoms with van der Waals surface area (Å²) in [5, 5.41) is 0. The lowest BCUT2D eigenvalue weighted by Crippen LogP contribution is -2.18. The summed E-state index contributed by atoms with van der Waals surface area (Å²) < 4.78 is 5.34. The molecule has 0 fully saturated rings. The number of halogens is 1. The van der Waals surface area contributed by atoms with Crippen molar-refractivity contribution in [1.29, 1.82) is 0 Å². The molecule has 19 heavy (non-hydrogen) atoms. The Balaban J connectivity index is 2.18. The van der Waals surface area contributed by atoms with E-state index in [1.165, 1.54) is 0 Å². The molecule has 1 aromatic carbocycles. The normalized spacial score (nSPS) is 10.3. The van der Waals surface area contributed by atoms with Crippen LogP contribution < -0.4 is 9.64 Å².